The molecule has 1 heterocycles. The minimum Gasteiger partial charge on any atom is -0.480 e. The number of aromatic nitrogens is 1. The maximum Gasteiger partial charge on any atom is 0.326 e. The number of benzene rings is 2. The van der Waals surface area contributed by atoms with Crippen molar-refractivity contribution in [2.45, 2.75) is 56.3 Å². The summed E-state index contributed by atoms with van der Waals surface area (Å²) in [5.41, 5.74) is 13.0. The van der Waals surface area contributed by atoms with Crippen molar-refractivity contribution in [3.63, 3.8) is 0 Å². The molecule has 4 amide bonds. The molecule has 0 aliphatic carbocycles. The van der Waals surface area contributed by atoms with E-state index in [4.69, 9.17) is 11.5 Å². The lowest BCUT2D eigenvalue weighted by atomic mass is 10.0. The molecule has 0 aliphatic rings. The molecule has 4 atom stereocenters. The highest BCUT2D eigenvalue weighted by molar-refractivity contribution is 5.96. The summed E-state index contributed by atoms with van der Waals surface area (Å²) in [6.45, 7) is -0.787. The number of carbonyl (C=O) groups excluding carboxylic acids is 4. The Morgan fingerprint density at radius 3 is 1.96 bits per heavy atom. The number of carboxylic acid groups (broad SMARTS) is 1. The largest absolute Gasteiger partial charge is 0.480 e. The molecule has 0 bridgehead atoms. The molecule has 14 nitrogen and oxygen atoms in total. The summed E-state index contributed by atoms with van der Waals surface area (Å²) < 4.78 is 0. The van der Waals surface area contributed by atoms with Gasteiger partial charge in [-0.25, -0.2) is 4.79 Å². The van der Waals surface area contributed by atoms with Crippen LogP contribution in [0.15, 0.2) is 60.8 Å². The van der Waals surface area contributed by atoms with E-state index in [1.165, 1.54) is 0 Å². The average Bonchev–Trinajstić information content (AvgIpc) is 3.45. The van der Waals surface area contributed by atoms with Crippen LogP contribution < -0.4 is 32.7 Å². The lowest BCUT2D eigenvalue weighted by Gasteiger charge is -2.26. The number of unbranched alkanes of at least 4 members (excludes halogenated alkanes) is 1. The van der Waals surface area contributed by atoms with E-state index in [-0.39, 0.29) is 19.3 Å². The van der Waals surface area contributed by atoms with E-state index in [0.717, 1.165) is 10.9 Å². The fourth-order valence-corrected chi connectivity index (χ4v) is 4.80. The molecular weight excluding hydrogens is 582 g/mol. The van der Waals surface area contributed by atoms with Gasteiger partial charge < -0.3 is 47.9 Å². The molecular formula is C31H41N7O7. The maximum absolute atomic E-state index is 13.8. The number of nitrogens with two attached hydrogens (primary N) is 2. The van der Waals surface area contributed by atoms with Crippen LogP contribution in [0.25, 0.3) is 10.9 Å². The van der Waals surface area contributed by atoms with Gasteiger partial charge in [0.05, 0.1) is 13.2 Å². The molecule has 0 unspecified atom stereocenters. The van der Waals surface area contributed by atoms with Crippen molar-refractivity contribution < 1.29 is 34.2 Å². The molecule has 242 valence electrons. The topological polar surface area (TPSA) is 242 Å². The zero-order valence-electron chi connectivity index (χ0n) is 24.8. The Balaban J connectivity index is 1.89. The Labute approximate surface area is 260 Å². The first-order chi connectivity index (χ1) is 21.7. The summed E-state index contributed by atoms with van der Waals surface area (Å²) in [7, 11) is 0. The zero-order valence-corrected chi connectivity index (χ0v) is 24.8. The van der Waals surface area contributed by atoms with Crippen molar-refractivity contribution in [3.8, 4) is 0 Å². The van der Waals surface area contributed by atoms with Crippen LogP contribution in [0.5, 0.6) is 0 Å². The van der Waals surface area contributed by atoms with Crippen molar-refractivity contribution in [1.29, 1.82) is 0 Å². The Morgan fingerprint density at radius 2 is 1.33 bits per heavy atom. The summed E-state index contributed by atoms with van der Waals surface area (Å²) >= 11 is 0. The molecule has 3 rings (SSSR count). The van der Waals surface area contributed by atoms with Gasteiger partial charge in [-0.05, 0) is 43.0 Å². The van der Waals surface area contributed by atoms with Gasteiger partial charge in [0, 0.05) is 29.9 Å². The Bertz CT molecular complexity index is 1450. The minimum absolute atomic E-state index is 0.0128. The first kappa shape index (κ1) is 34.7. The van der Waals surface area contributed by atoms with E-state index in [0.29, 0.717) is 30.5 Å². The Kier molecular flexibility index (Phi) is 13.5. The molecule has 0 aliphatic heterocycles. The fourth-order valence-electron chi connectivity index (χ4n) is 4.80. The number of aliphatic carboxylic acids is 1. The van der Waals surface area contributed by atoms with Gasteiger partial charge in [0.15, 0.2) is 0 Å². The highest BCUT2D eigenvalue weighted by Crippen LogP contribution is 2.19. The highest BCUT2D eigenvalue weighted by Gasteiger charge is 2.32. The smallest absolute Gasteiger partial charge is 0.326 e. The number of carboxylic acids is 1. The van der Waals surface area contributed by atoms with Crippen molar-refractivity contribution in [2.75, 3.05) is 19.7 Å². The van der Waals surface area contributed by atoms with E-state index in [2.05, 4.69) is 26.3 Å². The minimum atomic E-state index is -1.38. The molecule has 11 N–H and O–H groups in total. The van der Waals surface area contributed by atoms with E-state index in [1.807, 2.05) is 24.3 Å². The number of hydrogen-bond acceptors (Lipinski definition) is 8. The van der Waals surface area contributed by atoms with Crippen LogP contribution in [0.2, 0.25) is 0 Å². The summed E-state index contributed by atoms with van der Waals surface area (Å²) in [5.74, 6) is -4.19. The third-order valence-corrected chi connectivity index (χ3v) is 7.23. The summed E-state index contributed by atoms with van der Waals surface area (Å²) in [5, 5.41) is 30.4. The van der Waals surface area contributed by atoms with Crippen molar-refractivity contribution in [1.82, 2.24) is 26.3 Å². The summed E-state index contributed by atoms with van der Waals surface area (Å²) in [6.07, 6.45) is 2.94. The van der Waals surface area contributed by atoms with Gasteiger partial charge in [-0.1, -0.05) is 48.5 Å². The third kappa shape index (κ3) is 10.4. The lowest BCUT2D eigenvalue weighted by Crippen LogP contribution is -2.59. The number of rotatable bonds is 18. The standard InChI is InChI=1S/C31H41N7O7/c32-13-7-6-12-23(31(44)45)36-28(41)24(14-19-8-2-1-3-9-19)37-29(42)25(38-30(43)26(18-39)35-27(40)16-33)15-20-17-34-22-11-5-4-10-21(20)22/h1-5,8-11,17,23-26,34,39H,6-7,12-16,18,32-33H2,(H,35,40)(H,36,41)(H,37,42)(H,38,43)(H,44,45)/t23-,24-,25-,26-/m0/s1. The number of para-hydroxylation sites is 1. The highest BCUT2D eigenvalue weighted by atomic mass is 16.4. The molecule has 45 heavy (non-hydrogen) atoms. The van der Waals surface area contributed by atoms with Crippen LogP contribution in [0.3, 0.4) is 0 Å². The zero-order chi connectivity index (χ0) is 32.8. The molecule has 0 saturated heterocycles. The van der Waals surface area contributed by atoms with Crippen LogP contribution in [0.1, 0.15) is 30.4 Å². The number of H-pyrrole nitrogens is 1. The van der Waals surface area contributed by atoms with Crippen LogP contribution in [-0.2, 0) is 36.8 Å². The predicted octanol–water partition coefficient (Wildman–Crippen LogP) is -0.943. The second-order valence-corrected chi connectivity index (χ2v) is 10.6. The van der Waals surface area contributed by atoms with E-state index < -0.39 is 66.9 Å². The van der Waals surface area contributed by atoms with E-state index in [9.17, 15) is 34.2 Å². The molecule has 0 saturated carbocycles. The van der Waals surface area contributed by atoms with Crippen molar-refractivity contribution >= 4 is 40.5 Å². The van der Waals surface area contributed by atoms with Crippen LogP contribution in [0.4, 0.5) is 0 Å². The second kappa shape index (κ2) is 17.5. The first-order valence-electron chi connectivity index (χ1n) is 14.7. The number of nitrogens with one attached hydrogen (secondary N) is 5. The van der Waals surface area contributed by atoms with E-state index >= 15 is 0 Å². The normalized spacial score (nSPS) is 13.7. The molecule has 2 aromatic carbocycles. The van der Waals surface area contributed by atoms with Gasteiger partial charge in [-0.2, -0.15) is 0 Å². The lowest BCUT2D eigenvalue weighted by molar-refractivity contribution is -0.142. The molecule has 3 aromatic rings. The number of hydrogen-bond donors (Lipinski definition) is 9. The Morgan fingerprint density at radius 1 is 0.733 bits per heavy atom. The van der Waals surface area contributed by atoms with E-state index in [1.54, 1.807) is 36.5 Å². The number of amides is 4. The molecule has 0 radical (unpaired) electrons. The van der Waals surface area contributed by atoms with Crippen LogP contribution in [-0.4, -0.2) is 88.7 Å². The number of carbonyl (C=O) groups is 5. The number of aliphatic hydroxyl groups is 1. The predicted molar refractivity (Wildman–Crippen MR) is 167 cm³/mol. The molecule has 0 fully saturated rings. The van der Waals surface area contributed by atoms with Gasteiger partial charge in [-0.15, -0.1) is 0 Å². The fraction of sp³-hybridized carbons (Fsp3) is 0.387. The second-order valence-electron chi connectivity index (χ2n) is 10.6. The van der Waals surface area contributed by atoms with Crippen LogP contribution >= 0.6 is 0 Å². The maximum atomic E-state index is 13.8. The number of aromatic amines is 1. The monoisotopic (exact) mass is 623 g/mol. The van der Waals surface area contributed by atoms with Crippen molar-refractivity contribution in [2.24, 2.45) is 11.5 Å². The van der Waals surface area contributed by atoms with Gasteiger partial charge >= 0.3 is 5.97 Å². The summed E-state index contributed by atoms with van der Waals surface area (Å²) in [6, 6.07) is 11.2. The van der Waals surface area contributed by atoms with Gasteiger partial charge in [0.1, 0.15) is 24.2 Å². The summed E-state index contributed by atoms with van der Waals surface area (Å²) in [4.78, 5) is 67.3. The number of aliphatic hydroxyl groups excluding tert-OH is 1. The van der Waals surface area contributed by atoms with Crippen molar-refractivity contribution in [3.05, 3.63) is 71.9 Å². The molecule has 14 heteroatoms. The van der Waals surface area contributed by atoms with Gasteiger partial charge in [0.25, 0.3) is 0 Å². The molecule has 0 spiro atoms. The van der Waals surface area contributed by atoms with Gasteiger partial charge in [-0.3, -0.25) is 19.2 Å². The molecule has 1 aromatic heterocycles. The van der Waals surface area contributed by atoms with Gasteiger partial charge in [0.2, 0.25) is 23.6 Å². The number of fused-ring (bicyclic) bond motifs is 1. The SMILES string of the molecule is NCCCC[C@H](NC(=O)[C@H](Cc1ccccc1)NC(=O)[C@H](Cc1c[nH]c2ccccc12)NC(=O)[C@H](CO)NC(=O)CN)C(=O)O. The first-order valence-corrected chi connectivity index (χ1v) is 14.7. The third-order valence-electron chi connectivity index (χ3n) is 7.23. The van der Waals surface area contributed by atoms with Crippen LogP contribution in [0, 0.1) is 0 Å². The Hall–Kier alpha value is -4.79. The quantitative estimate of drug-likeness (QED) is 0.0793. The average molecular weight is 624 g/mol.